The number of hydrogen-bond donors (Lipinski definition) is 0. The first-order valence-corrected chi connectivity index (χ1v) is 7.19. The second-order valence-corrected chi connectivity index (χ2v) is 5.48. The monoisotopic (exact) mass is 265 g/mol. The molecule has 2 aromatic heterocycles. The first-order valence-electron chi connectivity index (χ1n) is 6.04. The van der Waals surface area contributed by atoms with Gasteiger partial charge in [0.2, 0.25) is 11.7 Å². The van der Waals surface area contributed by atoms with Crippen molar-refractivity contribution in [2.24, 2.45) is 0 Å². The van der Waals surface area contributed by atoms with Crippen molar-refractivity contribution in [1.82, 2.24) is 15.0 Å². The van der Waals surface area contributed by atoms with E-state index in [0.717, 1.165) is 13.1 Å². The summed E-state index contributed by atoms with van der Waals surface area (Å²) in [6.45, 7) is 4.25. The van der Waals surface area contributed by atoms with Crippen LogP contribution in [0.4, 0.5) is 0 Å². The molecule has 0 bridgehead atoms. The summed E-state index contributed by atoms with van der Waals surface area (Å²) in [5.41, 5.74) is 0. The van der Waals surface area contributed by atoms with E-state index in [0.29, 0.717) is 17.5 Å². The maximum absolute atomic E-state index is 5.33. The Balaban J connectivity index is 1.76. The van der Waals surface area contributed by atoms with E-state index in [2.05, 4.69) is 22.0 Å². The molecular weight excluding hydrogens is 250 g/mol. The average molecular weight is 265 g/mol. The van der Waals surface area contributed by atoms with Gasteiger partial charge in [0.25, 0.3) is 0 Å². The summed E-state index contributed by atoms with van der Waals surface area (Å²) in [7, 11) is 0. The minimum atomic E-state index is 0.169. The van der Waals surface area contributed by atoms with Crippen LogP contribution in [0, 0.1) is 0 Å². The Morgan fingerprint density at radius 2 is 2.22 bits per heavy atom. The van der Waals surface area contributed by atoms with E-state index < -0.39 is 0 Å². The van der Waals surface area contributed by atoms with Crippen LogP contribution >= 0.6 is 11.8 Å². The summed E-state index contributed by atoms with van der Waals surface area (Å²) in [5, 5.41) is 3.96. The molecule has 18 heavy (non-hydrogen) atoms. The topological polar surface area (TPSA) is 55.3 Å². The molecule has 2 aromatic rings. The maximum atomic E-state index is 5.33. The molecule has 0 unspecified atom stereocenters. The number of thioether (sulfide) groups is 1. The fourth-order valence-electron chi connectivity index (χ4n) is 2.03. The molecule has 1 fully saturated rings. The SMILES string of the molecule is C[C@H](c1nc(-c2ccco2)no1)N1CCSCC1. The van der Waals surface area contributed by atoms with Gasteiger partial charge in [-0.25, -0.2) is 0 Å². The lowest BCUT2D eigenvalue weighted by molar-refractivity contribution is 0.189. The van der Waals surface area contributed by atoms with Crippen LogP contribution in [0.15, 0.2) is 27.3 Å². The van der Waals surface area contributed by atoms with E-state index in [-0.39, 0.29) is 6.04 Å². The van der Waals surface area contributed by atoms with Gasteiger partial charge in [0.1, 0.15) is 0 Å². The number of furan rings is 1. The maximum Gasteiger partial charge on any atom is 0.244 e. The van der Waals surface area contributed by atoms with E-state index in [1.165, 1.54) is 11.5 Å². The third kappa shape index (κ3) is 2.30. The van der Waals surface area contributed by atoms with Gasteiger partial charge in [0, 0.05) is 24.6 Å². The molecule has 3 heterocycles. The molecule has 1 atom stereocenters. The van der Waals surface area contributed by atoms with Crippen LogP contribution in [0.2, 0.25) is 0 Å². The Morgan fingerprint density at radius 3 is 2.94 bits per heavy atom. The summed E-state index contributed by atoms with van der Waals surface area (Å²) in [5.74, 6) is 4.17. The van der Waals surface area contributed by atoms with E-state index in [9.17, 15) is 0 Å². The Labute approximate surface area is 110 Å². The Kier molecular flexibility index (Phi) is 3.38. The van der Waals surface area contributed by atoms with E-state index in [1.807, 2.05) is 23.9 Å². The molecule has 3 rings (SSSR count). The van der Waals surface area contributed by atoms with Gasteiger partial charge in [-0.05, 0) is 19.1 Å². The molecule has 6 heteroatoms. The van der Waals surface area contributed by atoms with Gasteiger partial charge < -0.3 is 8.94 Å². The third-order valence-corrected chi connectivity index (χ3v) is 4.08. The molecule has 96 valence electrons. The molecule has 0 N–H and O–H groups in total. The third-order valence-electron chi connectivity index (χ3n) is 3.13. The van der Waals surface area contributed by atoms with Gasteiger partial charge >= 0.3 is 0 Å². The molecule has 1 saturated heterocycles. The van der Waals surface area contributed by atoms with E-state index in [4.69, 9.17) is 8.94 Å². The highest BCUT2D eigenvalue weighted by molar-refractivity contribution is 7.99. The van der Waals surface area contributed by atoms with E-state index in [1.54, 1.807) is 6.26 Å². The molecule has 1 aliphatic rings. The Morgan fingerprint density at radius 1 is 1.39 bits per heavy atom. The fourth-order valence-corrected chi connectivity index (χ4v) is 2.96. The highest BCUT2D eigenvalue weighted by Gasteiger charge is 2.23. The quantitative estimate of drug-likeness (QED) is 0.849. The molecule has 0 radical (unpaired) electrons. The zero-order chi connectivity index (χ0) is 12.4. The normalized spacial score (nSPS) is 18.9. The van der Waals surface area contributed by atoms with Crippen molar-refractivity contribution in [2.45, 2.75) is 13.0 Å². The second-order valence-electron chi connectivity index (χ2n) is 4.26. The van der Waals surface area contributed by atoms with Gasteiger partial charge in [-0.2, -0.15) is 16.7 Å². The summed E-state index contributed by atoms with van der Waals surface area (Å²) >= 11 is 1.99. The number of rotatable bonds is 3. The lowest BCUT2D eigenvalue weighted by Gasteiger charge is -2.29. The Bertz CT molecular complexity index is 491. The van der Waals surface area contributed by atoms with Crippen LogP contribution in [0.25, 0.3) is 11.6 Å². The number of nitrogens with zero attached hydrogens (tertiary/aromatic N) is 3. The van der Waals surface area contributed by atoms with Gasteiger partial charge in [-0.15, -0.1) is 0 Å². The van der Waals surface area contributed by atoms with Crippen molar-refractivity contribution in [3.63, 3.8) is 0 Å². The van der Waals surface area contributed by atoms with Crippen molar-refractivity contribution in [3.8, 4) is 11.6 Å². The second kappa shape index (κ2) is 5.16. The van der Waals surface area contributed by atoms with Gasteiger partial charge in [-0.1, -0.05) is 5.16 Å². The number of aromatic nitrogens is 2. The summed E-state index contributed by atoms with van der Waals surface area (Å²) in [6, 6.07) is 3.81. The molecule has 1 aliphatic heterocycles. The van der Waals surface area contributed by atoms with Crippen molar-refractivity contribution >= 4 is 11.8 Å². The lowest BCUT2D eigenvalue weighted by atomic mass is 10.3. The average Bonchev–Trinajstić information content (AvgIpc) is 3.09. The van der Waals surface area contributed by atoms with Crippen molar-refractivity contribution in [1.29, 1.82) is 0 Å². The summed E-state index contributed by atoms with van der Waals surface area (Å²) in [6.07, 6.45) is 1.61. The minimum absolute atomic E-state index is 0.169. The lowest BCUT2D eigenvalue weighted by Crippen LogP contribution is -2.34. The van der Waals surface area contributed by atoms with Crippen LogP contribution < -0.4 is 0 Å². The zero-order valence-corrected chi connectivity index (χ0v) is 11.0. The Hall–Kier alpha value is -1.27. The molecule has 0 amide bonds. The first kappa shape index (κ1) is 11.8. The molecular formula is C12H15N3O2S. The van der Waals surface area contributed by atoms with Crippen LogP contribution in [-0.4, -0.2) is 39.6 Å². The largest absolute Gasteiger partial charge is 0.461 e. The molecule has 5 nitrogen and oxygen atoms in total. The van der Waals surface area contributed by atoms with Crippen molar-refractivity contribution < 1.29 is 8.94 Å². The van der Waals surface area contributed by atoms with Crippen molar-refractivity contribution in [2.75, 3.05) is 24.6 Å². The van der Waals surface area contributed by atoms with E-state index >= 15 is 0 Å². The van der Waals surface area contributed by atoms with Crippen LogP contribution in [0.3, 0.4) is 0 Å². The molecule has 0 aromatic carbocycles. The smallest absolute Gasteiger partial charge is 0.244 e. The van der Waals surface area contributed by atoms with Crippen molar-refractivity contribution in [3.05, 3.63) is 24.3 Å². The standard InChI is InChI=1S/C12H15N3O2S/c1-9(15-4-7-18-8-5-15)12-13-11(14-17-12)10-3-2-6-16-10/h2-3,6,9H,4-5,7-8H2,1H3/t9-/m1/s1. The molecule has 0 aliphatic carbocycles. The predicted molar refractivity (Wildman–Crippen MR) is 69.3 cm³/mol. The fraction of sp³-hybridized carbons (Fsp3) is 0.500. The molecule has 0 saturated carbocycles. The molecule has 0 spiro atoms. The zero-order valence-electron chi connectivity index (χ0n) is 10.2. The van der Waals surface area contributed by atoms with Crippen LogP contribution in [0.1, 0.15) is 18.9 Å². The predicted octanol–water partition coefficient (Wildman–Crippen LogP) is 2.44. The van der Waals surface area contributed by atoms with Gasteiger partial charge in [0.15, 0.2) is 5.76 Å². The van der Waals surface area contributed by atoms with Gasteiger partial charge in [-0.3, -0.25) is 4.90 Å². The minimum Gasteiger partial charge on any atom is -0.461 e. The first-order chi connectivity index (χ1) is 8.84. The summed E-state index contributed by atoms with van der Waals surface area (Å²) in [4.78, 5) is 6.78. The number of hydrogen-bond acceptors (Lipinski definition) is 6. The highest BCUT2D eigenvalue weighted by Crippen LogP contribution is 2.24. The van der Waals surface area contributed by atoms with Gasteiger partial charge in [0.05, 0.1) is 12.3 Å². The highest BCUT2D eigenvalue weighted by atomic mass is 32.2. The summed E-state index contributed by atoms with van der Waals surface area (Å²) < 4.78 is 10.6. The van der Waals surface area contributed by atoms with Crippen LogP contribution in [-0.2, 0) is 0 Å². The van der Waals surface area contributed by atoms with Crippen LogP contribution in [0.5, 0.6) is 0 Å².